The number of hydrogen-bond acceptors (Lipinski definition) is 5. The molecule has 32 heavy (non-hydrogen) atoms. The molecule has 3 rings (SSSR count). The van der Waals surface area contributed by atoms with Gasteiger partial charge in [-0.3, -0.25) is 9.10 Å². The zero-order valence-corrected chi connectivity index (χ0v) is 19.2. The molecule has 0 aromatic heterocycles. The van der Waals surface area contributed by atoms with Crippen molar-refractivity contribution in [1.82, 2.24) is 5.32 Å². The SMILES string of the molecule is COc1ccc(N(CC(=O)NCc2ccc(Cl)cc2)S(=O)(=O)c2ccccc2)c(OC)c1. The van der Waals surface area contributed by atoms with Crippen LogP contribution in [-0.2, 0) is 21.4 Å². The van der Waals surface area contributed by atoms with Gasteiger partial charge in [-0.15, -0.1) is 0 Å². The molecule has 0 heterocycles. The third-order valence-electron chi connectivity index (χ3n) is 4.68. The first-order valence-corrected chi connectivity index (χ1v) is 11.5. The van der Waals surface area contributed by atoms with Gasteiger partial charge in [0.05, 0.1) is 24.8 Å². The first-order chi connectivity index (χ1) is 15.3. The fourth-order valence-electron chi connectivity index (χ4n) is 3.00. The van der Waals surface area contributed by atoms with Crippen LogP contribution >= 0.6 is 11.6 Å². The molecular formula is C23H23ClN2O5S. The van der Waals surface area contributed by atoms with Gasteiger partial charge in [0.2, 0.25) is 5.91 Å². The van der Waals surface area contributed by atoms with E-state index in [1.54, 1.807) is 60.7 Å². The summed E-state index contributed by atoms with van der Waals surface area (Å²) in [6, 6.07) is 19.6. The molecule has 0 fully saturated rings. The smallest absolute Gasteiger partial charge is 0.264 e. The van der Waals surface area contributed by atoms with Gasteiger partial charge in [-0.05, 0) is 42.0 Å². The van der Waals surface area contributed by atoms with E-state index < -0.39 is 22.5 Å². The van der Waals surface area contributed by atoms with Crippen LogP contribution in [0.2, 0.25) is 5.02 Å². The summed E-state index contributed by atoms with van der Waals surface area (Å²) in [5, 5.41) is 3.34. The Bertz CT molecular complexity index is 1170. The number of hydrogen-bond donors (Lipinski definition) is 1. The van der Waals surface area contributed by atoms with Crippen LogP contribution in [0.4, 0.5) is 5.69 Å². The average molecular weight is 475 g/mol. The summed E-state index contributed by atoms with van der Waals surface area (Å²) in [7, 11) is -1.14. The number of ether oxygens (including phenoxy) is 2. The van der Waals surface area contributed by atoms with E-state index >= 15 is 0 Å². The lowest BCUT2D eigenvalue weighted by atomic mass is 10.2. The van der Waals surface area contributed by atoms with E-state index in [2.05, 4.69) is 5.32 Å². The van der Waals surface area contributed by atoms with Gasteiger partial charge in [-0.1, -0.05) is 41.9 Å². The highest BCUT2D eigenvalue weighted by Gasteiger charge is 2.29. The zero-order valence-electron chi connectivity index (χ0n) is 17.6. The molecule has 0 radical (unpaired) electrons. The van der Waals surface area contributed by atoms with Crippen molar-refractivity contribution in [3.63, 3.8) is 0 Å². The molecule has 0 aliphatic rings. The van der Waals surface area contributed by atoms with Crippen LogP contribution in [0.3, 0.4) is 0 Å². The van der Waals surface area contributed by atoms with Gasteiger partial charge in [0.15, 0.2) is 0 Å². The molecule has 0 atom stereocenters. The lowest BCUT2D eigenvalue weighted by molar-refractivity contribution is -0.119. The number of anilines is 1. The van der Waals surface area contributed by atoms with Gasteiger partial charge in [-0.25, -0.2) is 8.42 Å². The van der Waals surface area contributed by atoms with Crippen molar-refractivity contribution in [3.05, 3.63) is 83.4 Å². The van der Waals surface area contributed by atoms with E-state index in [0.717, 1.165) is 9.87 Å². The summed E-state index contributed by atoms with van der Waals surface area (Å²) >= 11 is 5.89. The average Bonchev–Trinajstić information content (AvgIpc) is 2.82. The first kappa shape index (κ1) is 23.4. The number of carbonyl (C=O) groups excluding carboxylic acids is 1. The number of carbonyl (C=O) groups is 1. The molecule has 0 spiro atoms. The lowest BCUT2D eigenvalue weighted by Gasteiger charge is -2.26. The second kappa shape index (κ2) is 10.4. The zero-order chi connectivity index (χ0) is 23.1. The minimum atomic E-state index is -4.06. The van der Waals surface area contributed by atoms with Crippen molar-refractivity contribution >= 4 is 33.2 Å². The standard InChI is InChI=1S/C23H23ClN2O5S/c1-30-19-12-13-21(22(14-19)31-2)26(32(28,29)20-6-4-3-5-7-20)16-23(27)25-15-17-8-10-18(24)11-9-17/h3-14H,15-16H2,1-2H3,(H,25,27). The molecule has 168 valence electrons. The van der Waals surface area contributed by atoms with Gasteiger partial charge >= 0.3 is 0 Å². The van der Waals surface area contributed by atoms with Gasteiger partial charge in [0.25, 0.3) is 10.0 Å². The minimum Gasteiger partial charge on any atom is -0.497 e. The predicted octanol–water partition coefficient (Wildman–Crippen LogP) is 3.87. The van der Waals surface area contributed by atoms with Crippen LogP contribution in [0.1, 0.15) is 5.56 Å². The van der Waals surface area contributed by atoms with Crippen LogP contribution in [0.25, 0.3) is 0 Å². The monoisotopic (exact) mass is 474 g/mol. The van der Waals surface area contributed by atoms with E-state index in [1.165, 1.54) is 26.4 Å². The summed E-state index contributed by atoms with van der Waals surface area (Å²) < 4.78 is 38.5. The summed E-state index contributed by atoms with van der Waals surface area (Å²) in [5.41, 5.74) is 1.06. The highest BCUT2D eigenvalue weighted by molar-refractivity contribution is 7.92. The van der Waals surface area contributed by atoms with E-state index in [0.29, 0.717) is 10.8 Å². The molecule has 0 saturated carbocycles. The van der Waals surface area contributed by atoms with Gasteiger partial charge in [0, 0.05) is 17.6 Å². The Morgan fingerprint density at radius 1 is 0.969 bits per heavy atom. The Morgan fingerprint density at radius 3 is 2.28 bits per heavy atom. The fraction of sp³-hybridized carbons (Fsp3) is 0.174. The highest BCUT2D eigenvalue weighted by Crippen LogP contribution is 2.35. The number of nitrogens with zero attached hydrogens (tertiary/aromatic N) is 1. The Morgan fingerprint density at radius 2 is 1.66 bits per heavy atom. The number of benzene rings is 3. The van der Waals surface area contributed by atoms with Crippen molar-refractivity contribution in [3.8, 4) is 11.5 Å². The fourth-order valence-corrected chi connectivity index (χ4v) is 4.58. The maximum atomic E-state index is 13.4. The lowest BCUT2D eigenvalue weighted by Crippen LogP contribution is -2.40. The second-order valence-corrected chi connectivity index (χ2v) is 9.06. The van der Waals surface area contributed by atoms with Crippen molar-refractivity contribution in [1.29, 1.82) is 0 Å². The van der Waals surface area contributed by atoms with Crippen LogP contribution < -0.4 is 19.1 Å². The van der Waals surface area contributed by atoms with E-state index in [-0.39, 0.29) is 22.9 Å². The second-order valence-electron chi connectivity index (χ2n) is 6.77. The molecule has 9 heteroatoms. The molecule has 1 amide bonds. The summed E-state index contributed by atoms with van der Waals surface area (Å²) in [4.78, 5) is 12.8. The van der Waals surface area contributed by atoms with Crippen LogP contribution in [0.15, 0.2) is 77.7 Å². The third-order valence-corrected chi connectivity index (χ3v) is 6.70. The van der Waals surface area contributed by atoms with Gasteiger partial charge in [0.1, 0.15) is 18.0 Å². The summed E-state index contributed by atoms with van der Waals surface area (Å²) in [5.74, 6) is 0.279. The molecule has 7 nitrogen and oxygen atoms in total. The van der Waals surface area contributed by atoms with Crippen LogP contribution in [0.5, 0.6) is 11.5 Å². The van der Waals surface area contributed by atoms with Crippen LogP contribution in [-0.4, -0.2) is 35.1 Å². The number of nitrogens with one attached hydrogen (secondary N) is 1. The molecule has 0 aliphatic heterocycles. The molecular weight excluding hydrogens is 452 g/mol. The molecule has 3 aromatic rings. The van der Waals surface area contributed by atoms with E-state index in [1.807, 2.05) is 0 Å². The highest BCUT2D eigenvalue weighted by atomic mass is 35.5. The Labute approximate surface area is 192 Å². The molecule has 0 aliphatic carbocycles. The van der Waals surface area contributed by atoms with Crippen molar-refractivity contribution in [2.45, 2.75) is 11.4 Å². The summed E-state index contributed by atoms with van der Waals surface area (Å²) in [6.45, 7) is -0.206. The molecule has 0 saturated heterocycles. The van der Waals surface area contributed by atoms with Crippen LogP contribution in [0, 0.1) is 0 Å². The quantitative estimate of drug-likeness (QED) is 0.509. The number of halogens is 1. The maximum absolute atomic E-state index is 13.4. The number of sulfonamides is 1. The number of amides is 1. The Balaban J connectivity index is 1.92. The van der Waals surface area contributed by atoms with Crippen molar-refractivity contribution in [2.75, 3.05) is 25.1 Å². The Kier molecular flexibility index (Phi) is 7.61. The van der Waals surface area contributed by atoms with Crippen molar-refractivity contribution in [2.24, 2.45) is 0 Å². The topological polar surface area (TPSA) is 84.9 Å². The van der Waals surface area contributed by atoms with Crippen molar-refractivity contribution < 1.29 is 22.7 Å². The largest absolute Gasteiger partial charge is 0.497 e. The predicted molar refractivity (Wildman–Crippen MR) is 124 cm³/mol. The van der Waals surface area contributed by atoms with Gasteiger partial charge < -0.3 is 14.8 Å². The maximum Gasteiger partial charge on any atom is 0.264 e. The molecule has 3 aromatic carbocycles. The minimum absolute atomic E-state index is 0.0587. The number of rotatable bonds is 9. The Hall–Kier alpha value is -3.23. The third kappa shape index (κ3) is 5.52. The van der Waals surface area contributed by atoms with E-state index in [4.69, 9.17) is 21.1 Å². The van der Waals surface area contributed by atoms with Gasteiger partial charge in [-0.2, -0.15) is 0 Å². The molecule has 0 unspecified atom stereocenters. The first-order valence-electron chi connectivity index (χ1n) is 9.66. The molecule has 0 bridgehead atoms. The van der Waals surface area contributed by atoms with E-state index in [9.17, 15) is 13.2 Å². The summed E-state index contributed by atoms with van der Waals surface area (Å²) in [6.07, 6.45) is 0. The normalized spacial score (nSPS) is 11.0. The number of methoxy groups -OCH3 is 2. The molecule has 1 N–H and O–H groups in total.